The summed E-state index contributed by atoms with van der Waals surface area (Å²) in [6.07, 6.45) is -4.80. The number of nitriles is 1. The van der Waals surface area contributed by atoms with E-state index in [9.17, 15) is 13.2 Å². The Labute approximate surface area is 91.4 Å². The molecule has 0 saturated carbocycles. The lowest BCUT2D eigenvalue weighted by molar-refractivity contribution is -0.274. The first-order chi connectivity index (χ1) is 6.83. The van der Waals surface area contributed by atoms with E-state index in [2.05, 4.69) is 20.7 Å². The Hall–Kier alpha value is -1.42. The van der Waals surface area contributed by atoms with Crippen molar-refractivity contribution in [3.8, 4) is 11.8 Å². The van der Waals surface area contributed by atoms with Crippen molar-refractivity contribution in [3.63, 3.8) is 0 Å². The number of anilines is 1. The van der Waals surface area contributed by atoms with Crippen LogP contribution in [0.15, 0.2) is 16.6 Å². The zero-order chi connectivity index (χ0) is 11.6. The smallest absolute Gasteiger partial charge is 0.404 e. The number of ether oxygens (including phenoxy) is 1. The number of halogens is 4. The standard InChI is InChI=1S/C8H4BrF3N2O/c9-5-2-7(15-8(10,11)12)6(14)1-4(5)3-13/h1-2H,14H2. The summed E-state index contributed by atoms with van der Waals surface area (Å²) in [4.78, 5) is 0. The van der Waals surface area contributed by atoms with Gasteiger partial charge in [-0.2, -0.15) is 5.26 Å². The van der Waals surface area contributed by atoms with E-state index in [1.165, 1.54) is 0 Å². The first-order valence-electron chi connectivity index (χ1n) is 3.58. The van der Waals surface area contributed by atoms with Gasteiger partial charge in [0.25, 0.3) is 0 Å². The van der Waals surface area contributed by atoms with Crippen LogP contribution in [0, 0.1) is 11.3 Å². The van der Waals surface area contributed by atoms with Crippen molar-refractivity contribution in [3.05, 3.63) is 22.2 Å². The molecule has 0 unspecified atom stereocenters. The molecule has 3 nitrogen and oxygen atoms in total. The third kappa shape index (κ3) is 3.02. The first kappa shape index (κ1) is 11.7. The van der Waals surface area contributed by atoms with Crippen molar-refractivity contribution in [2.75, 3.05) is 5.73 Å². The number of nitrogens with zero attached hydrogens (tertiary/aromatic N) is 1. The Bertz CT molecular complexity index is 425. The van der Waals surface area contributed by atoms with Crippen LogP contribution in [0.5, 0.6) is 5.75 Å². The maximum absolute atomic E-state index is 11.9. The van der Waals surface area contributed by atoms with E-state index >= 15 is 0 Å². The molecule has 0 heterocycles. The summed E-state index contributed by atoms with van der Waals surface area (Å²) in [5, 5.41) is 8.57. The minimum atomic E-state index is -4.80. The zero-order valence-electron chi connectivity index (χ0n) is 7.10. The molecular formula is C8H4BrF3N2O. The third-order valence-corrected chi connectivity index (χ3v) is 2.10. The molecule has 0 saturated heterocycles. The molecule has 0 bridgehead atoms. The van der Waals surface area contributed by atoms with Gasteiger partial charge in [-0.05, 0) is 28.1 Å². The van der Waals surface area contributed by atoms with Gasteiger partial charge in [-0.1, -0.05) is 0 Å². The minimum Gasteiger partial charge on any atom is -0.404 e. The van der Waals surface area contributed by atoms with Gasteiger partial charge in [0.15, 0.2) is 5.75 Å². The number of benzene rings is 1. The quantitative estimate of drug-likeness (QED) is 0.805. The summed E-state index contributed by atoms with van der Waals surface area (Å²) in [6.45, 7) is 0. The minimum absolute atomic E-state index is 0.141. The molecule has 0 amide bonds. The second kappa shape index (κ2) is 3.98. The van der Waals surface area contributed by atoms with Crippen LogP contribution in [0.2, 0.25) is 0 Å². The molecule has 1 aromatic rings. The summed E-state index contributed by atoms with van der Waals surface area (Å²) in [7, 11) is 0. The fourth-order valence-electron chi connectivity index (χ4n) is 0.871. The Morgan fingerprint density at radius 2 is 2.00 bits per heavy atom. The first-order valence-corrected chi connectivity index (χ1v) is 4.37. The summed E-state index contributed by atoms with van der Waals surface area (Å²) in [5.41, 5.74) is 5.17. The van der Waals surface area contributed by atoms with Gasteiger partial charge in [0.1, 0.15) is 6.07 Å². The van der Waals surface area contributed by atoms with E-state index in [1.807, 2.05) is 0 Å². The molecule has 0 aliphatic carbocycles. The van der Waals surface area contributed by atoms with Crippen LogP contribution in [0.3, 0.4) is 0 Å². The molecule has 15 heavy (non-hydrogen) atoms. The van der Waals surface area contributed by atoms with Crippen molar-refractivity contribution in [1.82, 2.24) is 0 Å². The summed E-state index contributed by atoms with van der Waals surface area (Å²) < 4.78 is 39.5. The molecule has 0 aromatic heterocycles. The maximum Gasteiger partial charge on any atom is 0.573 e. The zero-order valence-corrected chi connectivity index (χ0v) is 8.69. The van der Waals surface area contributed by atoms with E-state index in [0.717, 1.165) is 12.1 Å². The highest BCUT2D eigenvalue weighted by Gasteiger charge is 2.32. The Balaban J connectivity index is 3.13. The second-order valence-corrected chi connectivity index (χ2v) is 3.38. The molecule has 2 N–H and O–H groups in total. The fraction of sp³-hybridized carbons (Fsp3) is 0.125. The van der Waals surface area contributed by atoms with Crippen molar-refractivity contribution in [1.29, 1.82) is 5.26 Å². The van der Waals surface area contributed by atoms with Gasteiger partial charge in [0, 0.05) is 4.47 Å². The largest absolute Gasteiger partial charge is 0.573 e. The van der Waals surface area contributed by atoms with Gasteiger partial charge in [-0.3, -0.25) is 0 Å². The van der Waals surface area contributed by atoms with Gasteiger partial charge < -0.3 is 10.5 Å². The Morgan fingerprint density at radius 1 is 1.40 bits per heavy atom. The van der Waals surface area contributed by atoms with Crippen LogP contribution in [0.4, 0.5) is 18.9 Å². The van der Waals surface area contributed by atoms with E-state index in [4.69, 9.17) is 11.0 Å². The average Bonchev–Trinajstić information content (AvgIpc) is 2.08. The van der Waals surface area contributed by atoms with Crippen LogP contribution >= 0.6 is 15.9 Å². The molecule has 0 fully saturated rings. The molecule has 0 aliphatic rings. The SMILES string of the molecule is N#Cc1cc(N)c(OC(F)(F)F)cc1Br. The van der Waals surface area contributed by atoms with E-state index < -0.39 is 12.1 Å². The van der Waals surface area contributed by atoms with Gasteiger partial charge in [-0.15, -0.1) is 13.2 Å². The second-order valence-electron chi connectivity index (χ2n) is 2.53. The third-order valence-electron chi connectivity index (χ3n) is 1.45. The Kier molecular flexibility index (Phi) is 3.09. The van der Waals surface area contributed by atoms with Crippen LogP contribution < -0.4 is 10.5 Å². The van der Waals surface area contributed by atoms with Crippen LogP contribution in [0.1, 0.15) is 5.56 Å². The summed E-state index contributed by atoms with van der Waals surface area (Å²) in [6, 6.07) is 3.87. The number of hydrogen-bond donors (Lipinski definition) is 1. The summed E-state index contributed by atoms with van der Waals surface area (Å²) in [5.74, 6) is -0.534. The topological polar surface area (TPSA) is 59.0 Å². The monoisotopic (exact) mass is 280 g/mol. The van der Waals surface area contributed by atoms with Gasteiger partial charge >= 0.3 is 6.36 Å². The lowest BCUT2D eigenvalue weighted by Gasteiger charge is -2.11. The van der Waals surface area contributed by atoms with Crippen LogP contribution in [-0.4, -0.2) is 6.36 Å². The predicted octanol–water partition coefficient (Wildman–Crippen LogP) is 2.80. The van der Waals surface area contributed by atoms with Crippen molar-refractivity contribution < 1.29 is 17.9 Å². The number of hydrogen-bond acceptors (Lipinski definition) is 3. The predicted molar refractivity (Wildman–Crippen MR) is 50.0 cm³/mol. The molecule has 0 spiro atoms. The summed E-state index contributed by atoms with van der Waals surface area (Å²) >= 11 is 2.92. The molecular weight excluding hydrogens is 277 g/mol. The van der Waals surface area contributed by atoms with Gasteiger partial charge in [0.05, 0.1) is 11.3 Å². The molecule has 1 aromatic carbocycles. The number of alkyl halides is 3. The van der Waals surface area contributed by atoms with Crippen molar-refractivity contribution in [2.45, 2.75) is 6.36 Å². The lowest BCUT2D eigenvalue weighted by Crippen LogP contribution is -2.18. The molecule has 1 rings (SSSR count). The molecule has 0 aliphatic heterocycles. The van der Waals surface area contributed by atoms with Crippen LogP contribution in [0.25, 0.3) is 0 Å². The Morgan fingerprint density at radius 3 is 2.47 bits per heavy atom. The number of nitrogen functional groups attached to an aromatic ring is 1. The molecule has 0 atom stereocenters. The van der Waals surface area contributed by atoms with Crippen molar-refractivity contribution in [2.24, 2.45) is 0 Å². The highest BCUT2D eigenvalue weighted by Crippen LogP contribution is 2.32. The fourth-order valence-corrected chi connectivity index (χ4v) is 1.28. The van der Waals surface area contributed by atoms with Crippen molar-refractivity contribution >= 4 is 21.6 Å². The van der Waals surface area contributed by atoms with Gasteiger partial charge in [-0.25, -0.2) is 0 Å². The number of rotatable bonds is 1. The van der Waals surface area contributed by atoms with E-state index in [-0.39, 0.29) is 15.7 Å². The maximum atomic E-state index is 11.9. The normalized spacial score (nSPS) is 10.9. The molecule has 7 heteroatoms. The molecule has 80 valence electrons. The molecule has 0 radical (unpaired) electrons. The van der Waals surface area contributed by atoms with E-state index in [1.54, 1.807) is 6.07 Å². The highest BCUT2D eigenvalue weighted by molar-refractivity contribution is 9.10. The average molecular weight is 281 g/mol. The van der Waals surface area contributed by atoms with Crippen LogP contribution in [-0.2, 0) is 0 Å². The lowest BCUT2D eigenvalue weighted by atomic mass is 10.2. The van der Waals surface area contributed by atoms with E-state index in [0.29, 0.717) is 0 Å². The van der Waals surface area contributed by atoms with Gasteiger partial charge in [0.2, 0.25) is 0 Å². The number of nitrogens with two attached hydrogens (primary N) is 1. The highest BCUT2D eigenvalue weighted by atomic mass is 79.9.